The van der Waals surface area contributed by atoms with Gasteiger partial charge in [0.15, 0.2) is 5.84 Å². The zero-order chi connectivity index (χ0) is 14.3. The van der Waals surface area contributed by atoms with E-state index in [0.717, 1.165) is 5.56 Å². The van der Waals surface area contributed by atoms with E-state index in [0.29, 0.717) is 18.5 Å². The number of hydrogen-bond acceptors (Lipinski definition) is 5. The van der Waals surface area contributed by atoms with Crippen LogP contribution in [-0.2, 0) is 6.54 Å². The van der Waals surface area contributed by atoms with Gasteiger partial charge in [-0.15, -0.1) is 0 Å². The van der Waals surface area contributed by atoms with E-state index in [1.165, 1.54) is 0 Å². The van der Waals surface area contributed by atoms with Crippen LogP contribution in [-0.4, -0.2) is 40.0 Å². The maximum atomic E-state index is 9.37. The highest BCUT2D eigenvalue weighted by atomic mass is 16.4. The summed E-state index contributed by atoms with van der Waals surface area (Å²) in [5.41, 5.74) is 6.34. The van der Waals surface area contributed by atoms with Crippen LogP contribution < -0.4 is 11.1 Å². The topological polar surface area (TPSA) is 111 Å². The second-order valence-corrected chi connectivity index (χ2v) is 4.45. The van der Waals surface area contributed by atoms with E-state index in [-0.39, 0.29) is 19.0 Å². The molecule has 0 amide bonds. The van der Waals surface area contributed by atoms with E-state index < -0.39 is 5.54 Å². The molecule has 6 heteroatoms. The Hall–Kier alpha value is -1.63. The number of aliphatic hydroxyl groups excluding tert-OH is 2. The molecule has 0 spiro atoms. The molecule has 19 heavy (non-hydrogen) atoms. The molecule has 0 saturated carbocycles. The minimum atomic E-state index is -0.724. The third-order valence-electron chi connectivity index (χ3n) is 3.34. The molecule has 0 radical (unpaired) electrons. The number of nitrogens with two attached hydrogens (primary N) is 1. The maximum absolute atomic E-state index is 9.37. The molecule has 6 nitrogen and oxygen atoms in total. The minimum Gasteiger partial charge on any atom is -0.409 e. The van der Waals surface area contributed by atoms with E-state index in [4.69, 9.17) is 10.9 Å². The van der Waals surface area contributed by atoms with Gasteiger partial charge in [-0.25, -0.2) is 0 Å². The molecule has 0 unspecified atom stereocenters. The molecule has 1 aromatic rings. The van der Waals surface area contributed by atoms with Crippen LogP contribution in [0.2, 0.25) is 0 Å². The Labute approximate surface area is 112 Å². The maximum Gasteiger partial charge on any atom is 0.170 e. The number of nitrogens with zero attached hydrogens (tertiary/aromatic N) is 1. The zero-order valence-corrected chi connectivity index (χ0v) is 11.0. The molecular weight excluding hydrogens is 246 g/mol. The largest absolute Gasteiger partial charge is 0.409 e. The summed E-state index contributed by atoms with van der Waals surface area (Å²) in [7, 11) is 0. The third kappa shape index (κ3) is 3.66. The van der Waals surface area contributed by atoms with Gasteiger partial charge in [0.1, 0.15) is 0 Å². The van der Waals surface area contributed by atoms with Gasteiger partial charge in [0.25, 0.3) is 0 Å². The van der Waals surface area contributed by atoms with Crippen molar-refractivity contribution in [2.45, 2.75) is 25.4 Å². The summed E-state index contributed by atoms with van der Waals surface area (Å²) in [5, 5.41) is 33.6. The first-order valence-electron chi connectivity index (χ1n) is 6.15. The van der Waals surface area contributed by atoms with Crippen molar-refractivity contribution >= 4 is 5.84 Å². The molecule has 0 aliphatic carbocycles. The molecule has 0 aliphatic heterocycles. The zero-order valence-electron chi connectivity index (χ0n) is 11.0. The lowest BCUT2D eigenvalue weighted by molar-refractivity contribution is 0.0864. The van der Waals surface area contributed by atoms with Gasteiger partial charge in [-0.05, 0) is 12.0 Å². The lowest BCUT2D eigenvalue weighted by Crippen LogP contribution is -2.50. The minimum absolute atomic E-state index is 0.0347. The molecule has 0 atom stereocenters. The van der Waals surface area contributed by atoms with Gasteiger partial charge in [0, 0.05) is 12.1 Å². The number of benzene rings is 1. The van der Waals surface area contributed by atoms with Gasteiger partial charge >= 0.3 is 0 Å². The quantitative estimate of drug-likeness (QED) is 0.207. The van der Waals surface area contributed by atoms with Crippen molar-refractivity contribution in [1.82, 2.24) is 5.32 Å². The van der Waals surface area contributed by atoms with Crippen LogP contribution in [0.4, 0.5) is 0 Å². The molecule has 0 fully saturated rings. The van der Waals surface area contributed by atoms with Crippen LogP contribution in [0.3, 0.4) is 0 Å². The van der Waals surface area contributed by atoms with Gasteiger partial charge in [0.2, 0.25) is 0 Å². The lowest BCUT2D eigenvalue weighted by atomic mass is 9.97. The van der Waals surface area contributed by atoms with Crippen molar-refractivity contribution < 1.29 is 15.4 Å². The summed E-state index contributed by atoms with van der Waals surface area (Å²) >= 11 is 0. The van der Waals surface area contributed by atoms with E-state index in [9.17, 15) is 10.2 Å². The van der Waals surface area contributed by atoms with Crippen LogP contribution in [0.15, 0.2) is 29.4 Å². The smallest absolute Gasteiger partial charge is 0.170 e. The Kier molecular flexibility index (Phi) is 5.75. The van der Waals surface area contributed by atoms with Crippen LogP contribution in [0, 0.1) is 0 Å². The molecule has 1 aromatic carbocycles. The average molecular weight is 267 g/mol. The molecule has 0 saturated heterocycles. The molecule has 0 aromatic heterocycles. The van der Waals surface area contributed by atoms with Crippen LogP contribution in [0.5, 0.6) is 0 Å². The van der Waals surface area contributed by atoms with Gasteiger partial charge in [-0.2, -0.15) is 0 Å². The summed E-state index contributed by atoms with van der Waals surface area (Å²) in [4.78, 5) is 0. The van der Waals surface area contributed by atoms with Gasteiger partial charge in [0.05, 0.1) is 18.8 Å². The summed E-state index contributed by atoms with van der Waals surface area (Å²) < 4.78 is 0. The number of amidine groups is 1. The molecule has 0 bridgehead atoms. The number of nitrogens with one attached hydrogen (secondary N) is 1. The molecule has 0 aliphatic rings. The van der Waals surface area contributed by atoms with E-state index in [1.54, 1.807) is 12.1 Å². The number of hydrogen-bond donors (Lipinski definition) is 5. The monoisotopic (exact) mass is 267 g/mol. The predicted molar refractivity (Wildman–Crippen MR) is 73.0 cm³/mol. The molecular formula is C13H21N3O3. The standard InChI is InChI=1S/C13H21N3O3/c1-2-13(8-17,9-18)15-7-10-5-3-4-6-11(10)12(14)16-19/h3-6,15,17-19H,2,7-9H2,1H3,(H2,14,16). The van der Waals surface area contributed by atoms with Crippen molar-refractivity contribution in [3.8, 4) is 0 Å². The Bertz CT molecular complexity index is 423. The van der Waals surface area contributed by atoms with Crippen molar-refractivity contribution in [1.29, 1.82) is 0 Å². The molecule has 6 N–H and O–H groups in total. The fourth-order valence-electron chi connectivity index (χ4n) is 1.77. The predicted octanol–water partition coefficient (Wildman–Crippen LogP) is 0.00410. The van der Waals surface area contributed by atoms with Crippen LogP contribution in [0.1, 0.15) is 24.5 Å². The second kappa shape index (κ2) is 7.08. The van der Waals surface area contributed by atoms with Crippen LogP contribution in [0.25, 0.3) is 0 Å². The van der Waals surface area contributed by atoms with E-state index in [2.05, 4.69) is 10.5 Å². The van der Waals surface area contributed by atoms with Crippen molar-refractivity contribution in [3.05, 3.63) is 35.4 Å². The SMILES string of the molecule is CCC(CO)(CO)NCc1ccccc1/C(N)=N/O. The first-order chi connectivity index (χ1) is 9.12. The normalized spacial score (nSPS) is 12.7. The van der Waals surface area contributed by atoms with Gasteiger partial charge in [-0.1, -0.05) is 36.3 Å². The Morgan fingerprint density at radius 1 is 1.32 bits per heavy atom. The molecule has 1 rings (SSSR count). The molecule has 106 valence electrons. The highest BCUT2D eigenvalue weighted by Gasteiger charge is 2.25. The van der Waals surface area contributed by atoms with Crippen molar-refractivity contribution in [2.24, 2.45) is 10.9 Å². The highest BCUT2D eigenvalue weighted by Crippen LogP contribution is 2.13. The highest BCUT2D eigenvalue weighted by molar-refractivity contribution is 5.98. The van der Waals surface area contributed by atoms with E-state index >= 15 is 0 Å². The number of aliphatic hydroxyl groups is 2. The fourth-order valence-corrected chi connectivity index (χ4v) is 1.77. The number of oxime groups is 1. The van der Waals surface area contributed by atoms with Crippen LogP contribution >= 0.6 is 0 Å². The van der Waals surface area contributed by atoms with Crippen molar-refractivity contribution in [3.63, 3.8) is 0 Å². The first kappa shape index (κ1) is 15.4. The Morgan fingerprint density at radius 2 is 1.95 bits per heavy atom. The average Bonchev–Trinajstić information content (AvgIpc) is 2.49. The molecule has 0 heterocycles. The summed E-state index contributed by atoms with van der Waals surface area (Å²) in [6.07, 6.45) is 0.589. The Balaban J connectivity index is 2.89. The van der Waals surface area contributed by atoms with Gasteiger partial charge < -0.3 is 26.5 Å². The summed E-state index contributed by atoms with van der Waals surface area (Å²) in [6.45, 7) is 1.97. The third-order valence-corrected chi connectivity index (χ3v) is 3.34. The van der Waals surface area contributed by atoms with E-state index in [1.807, 2.05) is 19.1 Å². The summed E-state index contributed by atoms with van der Waals surface area (Å²) in [5.74, 6) is 0.0347. The van der Waals surface area contributed by atoms with Gasteiger partial charge in [-0.3, -0.25) is 0 Å². The Morgan fingerprint density at radius 3 is 2.47 bits per heavy atom. The number of rotatable bonds is 7. The summed E-state index contributed by atoms with van der Waals surface area (Å²) in [6, 6.07) is 7.23. The van der Waals surface area contributed by atoms with Crippen molar-refractivity contribution in [2.75, 3.05) is 13.2 Å². The second-order valence-electron chi connectivity index (χ2n) is 4.45. The lowest BCUT2D eigenvalue weighted by Gasteiger charge is -2.30. The first-order valence-corrected chi connectivity index (χ1v) is 6.15. The fraction of sp³-hybridized carbons (Fsp3) is 0.462.